The Hall–Kier alpha value is -1.13. The van der Waals surface area contributed by atoms with E-state index in [1.165, 1.54) is 5.56 Å². The maximum Gasteiger partial charge on any atom is 0.237 e. The molecule has 1 amide bonds. The van der Waals surface area contributed by atoms with Gasteiger partial charge in [-0.05, 0) is 38.1 Å². The summed E-state index contributed by atoms with van der Waals surface area (Å²) in [5.41, 5.74) is 1.27. The van der Waals surface area contributed by atoms with Crippen molar-refractivity contribution in [2.24, 2.45) is 0 Å². The topological polar surface area (TPSA) is 32.3 Å². The third kappa shape index (κ3) is 5.57. The van der Waals surface area contributed by atoms with Gasteiger partial charge in [0.15, 0.2) is 0 Å². The molecule has 104 valence electrons. The molecule has 1 aromatic rings. The highest BCUT2D eigenvalue weighted by Gasteiger charge is 2.16. The summed E-state index contributed by atoms with van der Waals surface area (Å²) in [4.78, 5) is 13.8. The monoisotopic (exact) mass is 324 g/mol. The lowest BCUT2D eigenvalue weighted by atomic mass is 10.1. The number of halogens is 1. The van der Waals surface area contributed by atoms with E-state index >= 15 is 0 Å². The molecule has 0 spiro atoms. The number of rotatable bonds is 7. The molecule has 0 aliphatic carbocycles. The third-order valence-corrected chi connectivity index (χ3v) is 3.66. The Morgan fingerprint density at radius 2 is 2.11 bits per heavy atom. The number of nitrogens with one attached hydrogen (secondary N) is 1. The number of hydrogen-bond donors (Lipinski definition) is 1. The second-order valence-corrected chi connectivity index (χ2v) is 5.48. The second-order valence-electron chi connectivity index (χ2n) is 4.57. The van der Waals surface area contributed by atoms with Crippen molar-refractivity contribution in [2.75, 3.05) is 20.1 Å². The van der Waals surface area contributed by atoms with Crippen LogP contribution in [0.25, 0.3) is 0 Å². The van der Waals surface area contributed by atoms with Crippen molar-refractivity contribution in [1.82, 2.24) is 10.2 Å². The molecular weight excluding hydrogens is 304 g/mol. The smallest absolute Gasteiger partial charge is 0.237 e. The molecule has 0 radical (unpaired) electrons. The number of benzene rings is 1. The number of carbonyl (C=O) groups is 1. The van der Waals surface area contributed by atoms with E-state index in [2.05, 4.69) is 44.9 Å². The summed E-state index contributed by atoms with van der Waals surface area (Å²) in [6, 6.07) is 8.14. The summed E-state index contributed by atoms with van der Waals surface area (Å²) >= 11 is 3.42. The van der Waals surface area contributed by atoms with Gasteiger partial charge in [0.05, 0.1) is 6.04 Å². The normalized spacial score (nSPS) is 12.2. The van der Waals surface area contributed by atoms with Crippen molar-refractivity contribution >= 4 is 21.8 Å². The van der Waals surface area contributed by atoms with Crippen LogP contribution >= 0.6 is 15.9 Å². The van der Waals surface area contributed by atoms with Crippen LogP contribution in [-0.2, 0) is 11.2 Å². The number of likely N-dealkylation sites (N-methyl/N-ethyl adjacent to an activating group) is 1. The van der Waals surface area contributed by atoms with E-state index in [0.29, 0.717) is 6.54 Å². The molecule has 0 saturated carbocycles. The average molecular weight is 325 g/mol. The molecule has 0 aliphatic rings. The lowest BCUT2D eigenvalue weighted by molar-refractivity contribution is -0.125. The summed E-state index contributed by atoms with van der Waals surface area (Å²) in [7, 11) is 1.97. The van der Waals surface area contributed by atoms with Crippen LogP contribution in [-0.4, -0.2) is 37.0 Å². The van der Waals surface area contributed by atoms with Gasteiger partial charge < -0.3 is 5.32 Å². The van der Waals surface area contributed by atoms with E-state index in [9.17, 15) is 4.79 Å². The van der Waals surface area contributed by atoms with Crippen LogP contribution < -0.4 is 5.32 Å². The molecule has 0 fully saturated rings. The van der Waals surface area contributed by atoms with Gasteiger partial charge in [-0.3, -0.25) is 9.69 Å². The second kappa shape index (κ2) is 8.12. The fraction of sp³-hybridized carbons (Fsp3) is 0.400. The molecule has 0 heterocycles. The molecule has 3 nitrogen and oxygen atoms in total. The number of nitrogens with zero attached hydrogens (tertiary/aromatic N) is 1. The highest BCUT2D eigenvalue weighted by molar-refractivity contribution is 9.10. The first kappa shape index (κ1) is 15.9. The first-order valence-corrected chi connectivity index (χ1v) is 7.17. The third-order valence-electron chi connectivity index (χ3n) is 3.13. The fourth-order valence-electron chi connectivity index (χ4n) is 1.67. The van der Waals surface area contributed by atoms with E-state index in [-0.39, 0.29) is 11.9 Å². The molecule has 1 rings (SSSR count). The van der Waals surface area contributed by atoms with Gasteiger partial charge in [0, 0.05) is 17.6 Å². The van der Waals surface area contributed by atoms with Crippen LogP contribution in [0.15, 0.2) is 41.4 Å². The highest BCUT2D eigenvalue weighted by Crippen LogP contribution is 2.11. The van der Waals surface area contributed by atoms with E-state index in [1.54, 1.807) is 6.08 Å². The maximum atomic E-state index is 11.8. The van der Waals surface area contributed by atoms with Crippen LogP contribution in [0.4, 0.5) is 0 Å². The SMILES string of the molecule is C=CCNC(=O)C(C)N(C)CCc1ccc(Br)cc1. The van der Waals surface area contributed by atoms with Gasteiger partial charge in [-0.2, -0.15) is 0 Å². The predicted molar refractivity (Wildman–Crippen MR) is 83.1 cm³/mol. The first-order valence-electron chi connectivity index (χ1n) is 6.38. The van der Waals surface area contributed by atoms with Crippen LogP contribution in [0, 0.1) is 0 Å². The van der Waals surface area contributed by atoms with Gasteiger partial charge in [0.25, 0.3) is 0 Å². The summed E-state index contributed by atoms with van der Waals surface area (Å²) in [6.07, 6.45) is 2.62. The zero-order valence-electron chi connectivity index (χ0n) is 11.5. The van der Waals surface area contributed by atoms with Crippen molar-refractivity contribution in [2.45, 2.75) is 19.4 Å². The Balaban J connectivity index is 2.41. The Bertz CT molecular complexity index is 417. The molecule has 1 N–H and O–H groups in total. The lowest BCUT2D eigenvalue weighted by Gasteiger charge is -2.23. The zero-order chi connectivity index (χ0) is 14.3. The molecule has 0 bridgehead atoms. The van der Waals surface area contributed by atoms with Crippen LogP contribution in [0.2, 0.25) is 0 Å². The fourth-order valence-corrected chi connectivity index (χ4v) is 1.94. The van der Waals surface area contributed by atoms with E-state index in [0.717, 1.165) is 17.4 Å². The largest absolute Gasteiger partial charge is 0.351 e. The van der Waals surface area contributed by atoms with Gasteiger partial charge in [0.1, 0.15) is 0 Å². The molecule has 1 aromatic carbocycles. The Morgan fingerprint density at radius 3 is 2.68 bits per heavy atom. The molecule has 1 atom stereocenters. The van der Waals surface area contributed by atoms with E-state index in [1.807, 2.05) is 26.1 Å². The Morgan fingerprint density at radius 1 is 1.47 bits per heavy atom. The van der Waals surface area contributed by atoms with Gasteiger partial charge in [-0.15, -0.1) is 6.58 Å². The van der Waals surface area contributed by atoms with Crippen LogP contribution in [0.1, 0.15) is 12.5 Å². The summed E-state index contributed by atoms with van der Waals surface area (Å²) in [6.45, 7) is 6.87. The molecular formula is C15H21BrN2O. The summed E-state index contributed by atoms with van der Waals surface area (Å²) in [5.74, 6) is 0.0400. The first-order chi connectivity index (χ1) is 9.04. The molecule has 0 aromatic heterocycles. The molecule has 19 heavy (non-hydrogen) atoms. The molecule has 4 heteroatoms. The van der Waals surface area contributed by atoms with Crippen molar-refractivity contribution in [3.05, 3.63) is 47.0 Å². The van der Waals surface area contributed by atoms with Crippen LogP contribution in [0.5, 0.6) is 0 Å². The minimum Gasteiger partial charge on any atom is -0.351 e. The molecule has 0 aliphatic heterocycles. The van der Waals surface area contributed by atoms with Gasteiger partial charge in [-0.1, -0.05) is 34.1 Å². The summed E-state index contributed by atoms with van der Waals surface area (Å²) < 4.78 is 1.08. The van der Waals surface area contributed by atoms with Gasteiger partial charge in [-0.25, -0.2) is 0 Å². The molecule has 1 unspecified atom stereocenters. The quantitative estimate of drug-likeness (QED) is 0.782. The number of carbonyl (C=O) groups excluding carboxylic acids is 1. The summed E-state index contributed by atoms with van der Waals surface area (Å²) in [5, 5.41) is 2.81. The number of hydrogen-bond acceptors (Lipinski definition) is 2. The maximum absolute atomic E-state index is 11.8. The Labute approximate surface area is 123 Å². The average Bonchev–Trinajstić information content (AvgIpc) is 2.42. The highest BCUT2D eigenvalue weighted by atomic mass is 79.9. The van der Waals surface area contributed by atoms with Crippen molar-refractivity contribution in [3.8, 4) is 0 Å². The standard InChI is InChI=1S/C15H21BrN2O/c1-4-10-17-15(19)12(2)18(3)11-9-13-5-7-14(16)8-6-13/h4-8,12H,1,9-11H2,2-3H3,(H,17,19). The number of amides is 1. The van der Waals surface area contributed by atoms with Crippen molar-refractivity contribution < 1.29 is 4.79 Å². The Kier molecular flexibility index (Phi) is 6.81. The molecule has 0 saturated heterocycles. The lowest BCUT2D eigenvalue weighted by Crippen LogP contribution is -2.43. The van der Waals surface area contributed by atoms with Crippen LogP contribution in [0.3, 0.4) is 0 Å². The predicted octanol–water partition coefficient (Wildman–Crippen LogP) is 2.61. The van der Waals surface area contributed by atoms with E-state index in [4.69, 9.17) is 0 Å². The van der Waals surface area contributed by atoms with Gasteiger partial charge >= 0.3 is 0 Å². The zero-order valence-corrected chi connectivity index (χ0v) is 13.1. The minimum absolute atomic E-state index is 0.0400. The van der Waals surface area contributed by atoms with Gasteiger partial charge in [0.2, 0.25) is 5.91 Å². The minimum atomic E-state index is -0.129. The van der Waals surface area contributed by atoms with Crippen molar-refractivity contribution in [3.63, 3.8) is 0 Å². The van der Waals surface area contributed by atoms with E-state index < -0.39 is 0 Å². The van der Waals surface area contributed by atoms with Crippen molar-refractivity contribution in [1.29, 1.82) is 0 Å².